The van der Waals surface area contributed by atoms with Crippen LogP contribution in [0, 0.1) is 5.92 Å². The number of hydrogen-bond acceptors (Lipinski definition) is 3. The normalized spacial score (nSPS) is 14.0. The van der Waals surface area contributed by atoms with Crippen molar-refractivity contribution in [3.63, 3.8) is 0 Å². The molecular formula is C21H26N2O3. The van der Waals surface area contributed by atoms with E-state index in [1.807, 2.05) is 48.5 Å². The van der Waals surface area contributed by atoms with Gasteiger partial charge in [-0.05, 0) is 29.2 Å². The fourth-order valence-electron chi connectivity index (χ4n) is 3.07. The van der Waals surface area contributed by atoms with Crippen LogP contribution in [0.15, 0.2) is 48.5 Å². The molecule has 2 aromatic carbocycles. The molecule has 0 spiro atoms. The van der Waals surface area contributed by atoms with E-state index < -0.39 is 0 Å². The number of carbonyl (C=O) groups is 1. The lowest BCUT2D eigenvalue weighted by molar-refractivity contribution is 0.171. The highest BCUT2D eigenvalue weighted by molar-refractivity contribution is 5.74. The van der Waals surface area contributed by atoms with Crippen LogP contribution >= 0.6 is 0 Å². The summed E-state index contributed by atoms with van der Waals surface area (Å²) in [7, 11) is 1.80. The molecule has 138 valence electrons. The smallest absolute Gasteiger partial charge is 0.317 e. The molecule has 0 aliphatic carbocycles. The molecule has 1 aliphatic heterocycles. The lowest BCUT2D eigenvalue weighted by atomic mass is 9.96. The van der Waals surface area contributed by atoms with Crippen LogP contribution in [-0.4, -0.2) is 31.2 Å². The first kappa shape index (κ1) is 18.1. The molecular weight excluding hydrogens is 328 g/mol. The average molecular weight is 354 g/mol. The highest BCUT2D eigenvalue weighted by Gasteiger charge is 2.20. The molecule has 0 bridgehead atoms. The van der Waals surface area contributed by atoms with Crippen molar-refractivity contribution in [3.8, 4) is 11.5 Å². The van der Waals surface area contributed by atoms with E-state index in [-0.39, 0.29) is 12.1 Å². The Hall–Kier alpha value is -2.69. The number of urea groups is 1. The summed E-state index contributed by atoms with van der Waals surface area (Å²) < 4.78 is 11.2. The van der Waals surface area contributed by atoms with Gasteiger partial charge in [0.1, 0.15) is 13.2 Å². The maximum absolute atomic E-state index is 12.7. The number of ether oxygens (including phenoxy) is 2. The van der Waals surface area contributed by atoms with Gasteiger partial charge in [0.05, 0.1) is 6.04 Å². The molecule has 0 radical (unpaired) electrons. The van der Waals surface area contributed by atoms with E-state index in [4.69, 9.17) is 9.47 Å². The SMILES string of the molecule is CC(C)C(NC(=O)N(C)Cc1ccc2c(c1)OCCO2)c1ccccc1. The number of nitrogens with one attached hydrogen (secondary N) is 1. The van der Waals surface area contributed by atoms with Crippen molar-refractivity contribution < 1.29 is 14.3 Å². The largest absolute Gasteiger partial charge is 0.486 e. The van der Waals surface area contributed by atoms with Crippen LogP contribution in [0.25, 0.3) is 0 Å². The fraction of sp³-hybridized carbons (Fsp3) is 0.381. The number of carbonyl (C=O) groups excluding carboxylic acids is 1. The van der Waals surface area contributed by atoms with Crippen molar-refractivity contribution in [3.05, 3.63) is 59.7 Å². The molecule has 2 amide bonds. The summed E-state index contributed by atoms with van der Waals surface area (Å²) in [6, 6.07) is 15.8. The van der Waals surface area contributed by atoms with Gasteiger partial charge >= 0.3 is 6.03 Å². The molecule has 2 aromatic rings. The second kappa shape index (κ2) is 8.13. The predicted molar refractivity (Wildman–Crippen MR) is 101 cm³/mol. The quantitative estimate of drug-likeness (QED) is 0.883. The van der Waals surface area contributed by atoms with Gasteiger partial charge in [-0.2, -0.15) is 0 Å². The second-order valence-corrected chi connectivity index (χ2v) is 6.92. The summed E-state index contributed by atoms with van der Waals surface area (Å²) in [4.78, 5) is 14.4. The summed E-state index contributed by atoms with van der Waals surface area (Å²) >= 11 is 0. The van der Waals surface area contributed by atoms with Crippen LogP contribution in [0.5, 0.6) is 11.5 Å². The van der Waals surface area contributed by atoms with Gasteiger partial charge in [-0.3, -0.25) is 0 Å². The number of nitrogens with zero attached hydrogens (tertiary/aromatic N) is 1. The lowest BCUT2D eigenvalue weighted by Gasteiger charge is -2.27. The molecule has 0 saturated carbocycles. The first-order valence-electron chi connectivity index (χ1n) is 8.99. The summed E-state index contributed by atoms with van der Waals surface area (Å²) in [5.74, 6) is 1.80. The van der Waals surface area contributed by atoms with E-state index in [1.54, 1.807) is 11.9 Å². The van der Waals surface area contributed by atoms with E-state index in [1.165, 1.54) is 0 Å². The van der Waals surface area contributed by atoms with Gasteiger partial charge in [0.25, 0.3) is 0 Å². The van der Waals surface area contributed by atoms with Crippen LogP contribution in [0.2, 0.25) is 0 Å². The summed E-state index contributed by atoms with van der Waals surface area (Å²) in [6.07, 6.45) is 0. The number of fused-ring (bicyclic) bond motifs is 1. The number of amides is 2. The molecule has 5 nitrogen and oxygen atoms in total. The Balaban J connectivity index is 1.65. The Morgan fingerprint density at radius 2 is 1.77 bits per heavy atom. The molecule has 0 saturated heterocycles. The zero-order valence-electron chi connectivity index (χ0n) is 15.6. The van der Waals surface area contributed by atoms with E-state index >= 15 is 0 Å². The maximum atomic E-state index is 12.7. The molecule has 26 heavy (non-hydrogen) atoms. The second-order valence-electron chi connectivity index (χ2n) is 6.92. The Labute approximate surface area is 154 Å². The van der Waals surface area contributed by atoms with Crippen LogP contribution in [0.4, 0.5) is 4.79 Å². The lowest BCUT2D eigenvalue weighted by Crippen LogP contribution is -2.40. The minimum Gasteiger partial charge on any atom is -0.486 e. The molecule has 0 aromatic heterocycles. The van der Waals surface area contributed by atoms with Gasteiger partial charge in [0.2, 0.25) is 0 Å². The summed E-state index contributed by atoms with van der Waals surface area (Å²) in [6.45, 7) is 5.85. The highest BCUT2D eigenvalue weighted by atomic mass is 16.6. The fourth-order valence-corrected chi connectivity index (χ4v) is 3.07. The Bertz CT molecular complexity index is 746. The average Bonchev–Trinajstić information content (AvgIpc) is 2.66. The third-order valence-corrected chi connectivity index (χ3v) is 4.48. The zero-order chi connectivity index (χ0) is 18.5. The summed E-state index contributed by atoms with van der Waals surface area (Å²) in [5.41, 5.74) is 2.12. The molecule has 1 atom stereocenters. The van der Waals surface area contributed by atoms with E-state index in [2.05, 4.69) is 19.2 Å². The van der Waals surface area contributed by atoms with Crippen LogP contribution in [0.1, 0.15) is 31.0 Å². The summed E-state index contributed by atoms with van der Waals surface area (Å²) in [5, 5.41) is 3.15. The number of benzene rings is 2. The van der Waals surface area contributed by atoms with Gasteiger partial charge in [-0.1, -0.05) is 50.2 Å². The number of rotatable bonds is 5. The third-order valence-electron chi connectivity index (χ3n) is 4.48. The molecule has 1 N–H and O–H groups in total. The molecule has 0 fully saturated rings. The molecule has 1 heterocycles. The monoisotopic (exact) mass is 354 g/mol. The van der Waals surface area contributed by atoms with Crippen molar-refractivity contribution in [2.24, 2.45) is 5.92 Å². The van der Waals surface area contributed by atoms with Gasteiger partial charge in [0, 0.05) is 13.6 Å². The Morgan fingerprint density at radius 3 is 2.46 bits per heavy atom. The molecule has 5 heteroatoms. The van der Waals surface area contributed by atoms with Gasteiger partial charge < -0.3 is 19.7 Å². The van der Waals surface area contributed by atoms with Crippen molar-refractivity contribution in [2.45, 2.75) is 26.4 Å². The predicted octanol–water partition coefficient (Wildman–Crippen LogP) is 4.00. The first-order chi connectivity index (χ1) is 12.5. The third kappa shape index (κ3) is 4.28. The van der Waals surface area contributed by atoms with Crippen LogP contribution in [-0.2, 0) is 6.54 Å². The van der Waals surface area contributed by atoms with Crippen molar-refractivity contribution >= 4 is 6.03 Å². The highest BCUT2D eigenvalue weighted by Crippen LogP contribution is 2.31. The van der Waals surface area contributed by atoms with Crippen LogP contribution < -0.4 is 14.8 Å². The van der Waals surface area contributed by atoms with Crippen LogP contribution in [0.3, 0.4) is 0 Å². The van der Waals surface area contributed by atoms with Gasteiger partial charge in [-0.15, -0.1) is 0 Å². The van der Waals surface area contributed by atoms with E-state index in [0.717, 1.165) is 22.6 Å². The minimum atomic E-state index is -0.0950. The van der Waals surface area contributed by atoms with E-state index in [0.29, 0.717) is 25.7 Å². The van der Waals surface area contributed by atoms with Crippen molar-refractivity contribution in [2.75, 3.05) is 20.3 Å². The first-order valence-corrected chi connectivity index (χ1v) is 8.99. The van der Waals surface area contributed by atoms with Gasteiger partial charge in [-0.25, -0.2) is 4.79 Å². The molecule has 3 rings (SSSR count). The molecule has 1 unspecified atom stereocenters. The van der Waals surface area contributed by atoms with Crippen molar-refractivity contribution in [1.82, 2.24) is 10.2 Å². The number of hydrogen-bond donors (Lipinski definition) is 1. The van der Waals surface area contributed by atoms with Crippen molar-refractivity contribution in [1.29, 1.82) is 0 Å². The Morgan fingerprint density at radius 1 is 1.08 bits per heavy atom. The van der Waals surface area contributed by atoms with Gasteiger partial charge in [0.15, 0.2) is 11.5 Å². The maximum Gasteiger partial charge on any atom is 0.317 e. The van der Waals surface area contributed by atoms with E-state index in [9.17, 15) is 4.79 Å². The molecule has 1 aliphatic rings. The minimum absolute atomic E-state index is 0.0218. The standard InChI is InChI=1S/C21H26N2O3/c1-15(2)20(17-7-5-4-6-8-17)22-21(24)23(3)14-16-9-10-18-19(13-16)26-12-11-25-18/h4-10,13,15,20H,11-12,14H2,1-3H3,(H,22,24). The Kier molecular flexibility index (Phi) is 5.66. The zero-order valence-corrected chi connectivity index (χ0v) is 15.6. The topological polar surface area (TPSA) is 50.8 Å².